The number of halogens is 1. The van der Waals surface area contributed by atoms with Gasteiger partial charge in [0.2, 0.25) is 6.35 Å². The minimum absolute atomic E-state index is 0.309. The minimum atomic E-state index is -1.23. The highest BCUT2D eigenvalue weighted by Gasteiger charge is 2.21. The first-order valence-electron chi connectivity index (χ1n) is 7.72. The molecule has 25 heavy (non-hydrogen) atoms. The first-order valence-corrected chi connectivity index (χ1v) is 8.10. The summed E-state index contributed by atoms with van der Waals surface area (Å²) in [7, 11) is 0. The van der Waals surface area contributed by atoms with E-state index >= 15 is 0 Å². The van der Waals surface area contributed by atoms with Crippen LogP contribution < -0.4 is 5.69 Å². The maximum absolute atomic E-state index is 12.5. The Hall–Kier alpha value is -2.55. The van der Waals surface area contributed by atoms with E-state index < -0.39 is 12.0 Å². The van der Waals surface area contributed by atoms with Gasteiger partial charge in [-0.2, -0.15) is 4.68 Å². The highest BCUT2D eigenvalue weighted by Crippen LogP contribution is 2.12. The lowest BCUT2D eigenvalue weighted by molar-refractivity contribution is -0.0695. The molecule has 0 spiro atoms. The van der Waals surface area contributed by atoms with E-state index in [1.165, 1.54) is 6.20 Å². The molecule has 1 aromatic carbocycles. The summed E-state index contributed by atoms with van der Waals surface area (Å²) >= 11 is 5.75. The van der Waals surface area contributed by atoms with Crippen LogP contribution in [0.5, 0.6) is 0 Å². The molecule has 0 radical (unpaired) electrons. The number of aliphatic hydroxyl groups is 1. The molecule has 8 nitrogen and oxygen atoms in total. The van der Waals surface area contributed by atoms with E-state index in [1.807, 2.05) is 37.3 Å². The summed E-state index contributed by atoms with van der Waals surface area (Å²) < 4.78 is 1.99. The third-order valence-electron chi connectivity index (χ3n) is 3.74. The molecule has 2 heterocycles. The predicted octanol–water partition coefficient (Wildman–Crippen LogP) is 1.45. The van der Waals surface area contributed by atoms with Crippen molar-refractivity contribution in [2.45, 2.75) is 19.8 Å². The molecule has 2 aromatic heterocycles. The molecule has 0 bridgehead atoms. The Labute approximate surface area is 148 Å². The molecular formula is C16H17ClN6O2. The van der Waals surface area contributed by atoms with Crippen LogP contribution in [0.4, 0.5) is 0 Å². The Kier molecular flexibility index (Phi) is 5.22. The Morgan fingerprint density at radius 1 is 1.20 bits per heavy atom. The van der Waals surface area contributed by atoms with E-state index in [-0.39, 0.29) is 0 Å². The van der Waals surface area contributed by atoms with Crippen LogP contribution in [0.2, 0.25) is 5.15 Å². The SMILES string of the molecule is CCN(Cc1ccccc1)C(O)n1nnn(-c2ccc(Cl)nc2)c1=O. The second-order valence-electron chi connectivity index (χ2n) is 5.35. The molecule has 130 valence electrons. The molecule has 9 heteroatoms. The van der Waals surface area contributed by atoms with E-state index in [9.17, 15) is 9.90 Å². The summed E-state index contributed by atoms with van der Waals surface area (Å²) in [6, 6.07) is 12.8. The summed E-state index contributed by atoms with van der Waals surface area (Å²) in [6.07, 6.45) is 0.183. The second kappa shape index (κ2) is 7.56. The average molecular weight is 361 g/mol. The lowest BCUT2D eigenvalue weighted by atomic mass is 10.2. The topological polar surface area (TPSA) is 89.1 Å². The first kappa shape index (κ1) is 17.3. The quantitative estimate of drug-likeness (QED) is 0.528. The van der Waals surface area contributed by atoms with E-state index in [4.69, 9.17) is 11.6 Å². The number of aliphatic hydroxyl groups excluding tert-OH is 1. The summed E-state index contributed by atoms with van der Waals surface area (Å²) in [6.45, 7) is 2.89. The molecule has 0 saturated carbocycles. The van der Waals surface area contributed by atoms with E-state index in [1.54, 1.807) is 17.0 Å². The molecule has 0 fully saturated rings. The predicted molar refractivity (Wildman–Crippen MR) is 92.2 cm³/mol. The Morgan fingerprint density at radius 2 is 1.96 bits per heavy atom. The van der Waals surface area contributed by atoms with Gasteiger partial charge in [-0.15, -0.1) is 4.68 Å². The van der Waals surface area contributed by atoms with Crippen LogP contribution in [0, 0.1) is 0 Å². The third kappa shape index (κ3) is 3.76. The fourth-order valence-electron chi connectivity index (χ4n) is 2.39. The monoisotopic (exact) mass is 360 g/mol. The smallest absolute Gasteiger partial charge is 0.359 e. The summed E-state index contributed by atoms with van der Waals surface area (Å²) in [5, 5.41) is 18.5. The molecule has 3 rings (SSSR count). The fraction of sp³-hybridized carbons (Fsp3) is 0.250. The Balaban J connectivity index is 1.85. The van der Waals surface area contributed by atoms with Gasteiger partial charge in [0.05, 0.1) is 11.9 Å². The Bertz CT molecular complexity index is 878. The minimum Gasteiger partial charge on any atom is -0.359 e. The molecule has 1 unspecified atom stereocenters. The van der Waals surface area contributed by atoms with Gasteiger partial charge in [-0.25, -0.2) is 9.78 Å². The van der Waals surface area contributed by atoms with Gasteiger partial charge in [0.15, 0.2) is 0 Å². The number of aromatic nitrogens is 5. The summed E-state index contributed by atoms with van der Waals surface area (Å²) in [5.74, 6) is 0. The van der Waals surface area contributed by atoms with Crippen LogP contribution in [0.1, 0.15) is 18.8 Å². The summed E-state index contributed by atoms with van der Waals surface area (Å²) in [4.78, 5) is 18.1. The zero-order chi connectivity index (χ0) is 17.8. The van der Waals surface area contributed by atoms with Gasteiger partial charge in [0.1, 0.15) is 5.15 Å². The van der Waals surface area contributed by atoms with Crippen LogP contribution in [-0.4, -0.2) is 41.3 Å². The normalized spacial score (nSPS) is 12.5. The molecule has 0 aliphatic heterocycles. The highest BCUT2D eigenvalue weighted by atomic mass is 35.5. The zero-order valence-electron chi connectivity index (χ0n) is 13.5. The largest absolute Gasteiger partial charge is 0.372 e. The second-order valence-corrected chi connectivity index (χ2v) is 5.74. The standard InChI is InChI=1S/C16H17ClN6O2/c1-2-21(11-12-6-4-3-5-7-12)15(24)23-16(25)22(19-20-23)13-8-9-14(17)18-10-13/h3-10,15,24H,2,11H2,1H3. The number of tetrazole rings is 1. The van der Waals surface area contributed by atoms with Gasteiger partial charge in [-0.05, 0) is 34.7 Å². The number of nitrogens with zero attached hydrogens (tertiary/aromatic N) is 6. The molecule has 1 atom stereocenters. The molecule has 0 aliphatic carbocycles. The molecule has 3 aromatic rings. The van der Waals surface area contributed by atoms with Crippen LogP contribution >= 0.6 is 11.6 Å². The van der Waals surface area contributed by atoms with Crippen LogP contribution in [-0.2, 0) is 6.54 Å². The maximum atomic E-state index is 12.5. The van der Waals surface area contributed by atoms with Crippen LogP contribution in [0.3, 0.4) is 0 Å². The van der Waals surface area contributed by atoms with E-state index in [2.05, 4.69) is 15.4 Å². The van der Waals surface area contributed by atoms with Crippen molar-refractivity contribution >= 4 is 11.6 Å². The van der Waals surface area contributed by atoms with E-state index in [0.717, 1.165) is 14.9 Å². The molecule has 0 aliphatic rings. The van der Waals surface area contributed by atoms with Crippen molar-refractivity contribution in [3.63, 3.8) is 0 Å². The first-order chi connectivity index (χ1) is 12.1. The third-order valence-corrected chi connectivity index (χ3v) is 3.96. The molecule has 1 N–H and O–H groups in total. The van der Waals surface area contributed by atoms with Gasteiger partial charge >= 0.3 is 5.69 Å². The number of rotatable bonds is 6. The lowest BCUT2D eigenvalue weighted by Gasteiger charge is -2.25. The maximum Gasteiger partial charge on any atom is 0.372 e. The average Bonchev–Trinajstić information content (AvgIpc) is 3.02. The van der Waals surface area contributed by atoms with Crippen LogP contribution in [0.15, 0.2) is 53.5 Å². The molecular weight excluding hydrogens is 344 g/mol. The lowest BCUT2D eigenvalue weighted by Crippen LogP contribution is -2.38. The van der Waals surface area contributed by atoms with Crippen molar-refractivity contribution in [2.24, 2.45) is 0 Å². The van der Waals surface area contributed by atoms with Crippen molar-refractivity contribution in [1.29, 1.82) is 0 Å². The number of hydrogen-bond acceptors (Lipinski definition) is 6. The van der Waals surface area contributed by atoms with Gasteiger partial charge < -0.3 is 5.11 Å². The highest BCUT2D eigenvalue weighted by molar-refractivity contribution is 6.29. The summed E-state index contributed by atoms with van der Waals surface area (Å²) in [5.41, 5.74) is 0.868. The number of hydrogen-bond donors (Lipinski definition) is 1. The van der Waals surface area contributed by atoms with Gasteiger partial charge in [-0.1, -0.05) is 48.9 Å². The van der Waals surface area contributed by atoms with Gasteiger partial charge in [0, 0.05) is 6.54 Å². The molecule has 0 amide bonds. The zero-order valence-corrected chi connectivity index (χ0v) is 14.3. The van der Waals surface area contributed by atoms with Crippen molar-refractivity contribution in [3.8, 4) is 5.69 Å². The van der Waals surface area contributed by atoms with Gasteiger partial charge in [-0.3, -0.25) is 4.90 Å². The van der Waals surface area contributed by atoms with Gasteiger partial charge in [0.25, 0.3) is 0 Å². The number of benzene rings is 1. The van der Waals surface area contributed by atoms with Crippen molar-refractivity contribution in [1.82, 2.24) is 29.7 Å². The van der Waals surface area contributed by atoms with Crippen molar-refractivity contribution in [2.75, 3.05) is 6.54 Å². The van der Waals surface area contributed by atoms with Crippen LogP contribution in [0.25, 0.3) is 5.69 Å². The Morgan fingerprint density at radius 3 is 2.60 bits per heavy atom. The number of pyridine rings is 1. The molecule has 0 saturated heterocycles. The fourth-order valence-corrected chi connectivity index (χ4v) is 2.50. The van der Waals surface area contributed by atoms with Crippen molar-refractivity contribution < 1.29 is 5.11 Å². The van der Waals surface area contributed by atoms with E-state index in [0.29, 0.717) is 23.9 Å². The van der Waals surface area contributed by atoms with Crippen molar-refractivity contribution in [3.05, 3.63) is 69.9 Å².